The molecule has 0 amide bonds. The van der Waals surface area contributed by atoms with E-state index in [9.17, 15) is 9.59 Å². The quantitative estimate of drug-likeness (QED) is 0.241. The molecule has 0 atom stereocenters. The smallest absolute Gasteiger partial charge is 0.164 e. The number of carbonyl (C=O) groups excluding carboxylic acids is 2. The molecule has 0 aliphatic carbocycles. The van der Waals surface area contributed by atoms with Crippen LogP contribution >= 0.6 is 0 Å². The lowest BCUT2D eigenvalue weighted by Gasteiger charge is -2.19. The molecule has 0 aliphatic heterocycles. The van der Waals surface area contributed by atoms with E-state index in [1.807, 2.05) is 41.5 Å². The predicted molar refractivity (Wildman–Crippen MR) is 116 cm³/mol. The van der Waals surface area contributed by atoms with Crippen LogP contribution in [0.3, 0.4) is 0 Å². The number of ether oxygens (including phenoxy) is 2. The average molecular weight is 395 g/mol. The van der Waals surface area contributed by atoms with E-state index in [-0.39, 0.29) is 11.6 Å². The fourth-order valence-corrected chi connectivity index (χ4v) is 2.19. The zero-order valence-electron chi connectivity index (χ0n) is 19.8. The van der Waals surface area contributed by atoms with Gasteiger partial charge in [0.1, 0.15) is 13.2 Å². The van der Waals surface area contributed by atoms with Gasteiger partial charge in [0.2, 0.25) is 0 Å². The van der Waals surface area contributed by atoms with E-state index in [0.717, 1.165) is 0 Å². The van der Waals surface area contributed by atoms with Gasteiger partial charge in [-0.25, -0.2) is 0 Å². The molecule has 28 heavy (non-hydrogen) atoms. The summed E-state index contributed by atoms with van der Waals surface area (Å²) in [5.41, 5.74) is -0.856. The Kier molecular flexibility index (Phi) is 10.8. The minimum absolute atomic E-state index is 0.0558. The highest BCUT2D eigenvalue weighted by atomic mass is 16.5. The number of rotatable bonds is 11. The van der Waals surface area contributed by atoms with E-state index in [1.165, 1.54) is 0 Å². The molecule has 0 aromatic carbocycles. The Morgan fingerprint density at radius 3 is 1.18 bits per heavy atom. The van der Waals surface area contributed by atoms with Gasteiger partial charge >= 0.3 is 0 Å². The van der Waals surface area contributed by atoms with Gasteiger partial charge in [-0.1, -0.05) is 69.2 Å². The Morgan fingerprint density at radius 2 is 0.964 bits per heavy atom. The SMILES string of the molecule is CC(C)CC(=CC(=O)C(C)(C)C)OCCOC(=CC(=O)C(C)(C)C)CC(C)C. The van der Waals surface area contributed by atoms with Crippen LogP contribution in [0.25, 0.3) is 0 Å². The van der Waals surface area contributed by atoms with Gasteiger partial charge in [-0.05, 0) is 11.8 Å². The van der Waals surface area contributed by atoms with E-state index in [4.69, 9.17) is 9.47 Å². The second kappa shape index (κ2) is 11.4. The van der Waals surface area contributed by atoms with Crippen molar-refractivity contribution in [3.63, 3.8) is 0 Å². The molecular formula is C24H42O4. The van der Waals surface area contributed by atoms with E-state index in [0.29, 0.717) is 49.4 Å². The summed E-state index contributed by atoms with van der Waals surface area (Å²) in [5.74, 6) is 2.28. The van der Waals surface area contributed by atoms with Crippen molar-refractivity contribution in [2.45, 2.75) is 82.1 Å². The second-order valence-corrected chi connectivity index (χ2v) is 10.3. The van der Waals surface area contributed by atoms with Crippen molar-refractivity contribution in [2.75, 3.05) is 13.2 Å². The van der Waals surface area contributed by atoms with Gasteiger partial charge in [0.25, 0.3) is 0 Å². The molecule has 0 spiro atoms. The average Bonchev–Trinajstić information content (AvgIpc) is 2.47. The summed E-state index contributed by atoms with van der Waals surface area (Å²) >= 11 is 0. The first-order chi connectivity index (χ1) is 12.6. The van der Waals surface area contributed by atoms with E-state index in [2.05, 4.69) is 27.7 Å². The van der Waals surface area contributed by atoms with Crippen LogP contribution in [0.4, 0.5) is 0 Å². The molecule has 0 aliphatic rings. The molecule has 162 valence electrons. The summed E-state index contributed by atoms with van der Waals surface area (Å²) in [4.78, 5) is 24.6. The lowest BCUT2D eigenvalue weighted by Crippen LogP contribution is -2.19. The van der Waals surface area contributed by atoms with Gasteiger partial charge < -0.3 is 9.47 Å². The Balaban J connectivity index is 4.96. The highest BCUT2D eigenvalue weighted by Crippen LogP contribution is 2.21. The summed E-state index contributed by atoms with van der Waals surface area (Å²) < 4.78 is 11.7. The molecule has 4 heteroatoms. The molecule has 0 fully saturated rings. The third kappa shape index (κ3) is 12.0. The van der Waals surface area contributed by atoms with E-state index < -0.39 is 10.8 Å². The van der Waals surface area contributed by atoms with Crippen molar-refractivity contribution in [1.29, 1.82) is 0 Å². The van der Waals surface area contributed by atoms with Crippen molar-refractivity contribution >= 4 is 11.6 Å². The Bertz CT molecular complexity index is 514. The number of allylic oxidation sites excluding steroid dienone is 4. The maximum atomic E-state index is 12.3. The number of carbonyl (C=O) groups is 2. The topological polar surface area (TPSA) is 52.6 Å². The minimum atomic E-state index is -0.428. The molecule has 0 aromatic heterocycles. The summed E-state index contributed by atoms with van der Waals surface area (Å²) in [6.45, 7) is 20.5. The van der Waals surface area contributed by atoms with Crippen LogP contribution in [-0.2, 0) is 19.1 Å². The largest absolute Gasteiger partial charge is 0.494 e. The maximum Gasteiger partial charge on any atom is 0.164 e. The molecule has 0 rings (SSSR count). The molecule has 0 bridgehead atoms. The lowest BCUT2D eigenvalue weighted by molar-refractivity contribution is -0.122. The summed E-state index contributed by atoms with van der Waals surface area (Å²) in [7, 11) is 0. The van der Waals surface area contributed by atoms with Crippen LogP contribution in [0.15, 0.2) is 23.7 Å². The number of hydrogen-bond donors (Lipinski definition) is 0. The number of ketones is 2. The zero-order chi connectivity index (χ0) is 22.1. The standard InChI is InChI=1S/C24H42O4/c1-17(2)13-19(15-21(25)23(5,6)7)27-11-12-28-20(14-18(3)4)16-22(26)24(8,9)10/h15-18H,11-14H2,1-10H3. The van der Waals surface area contributed by atoms with Crippen LogP contribution in [0, 0.1) is 22.7 Å². The summed E-state index contributed by atoms with van der Waals surface area (Å²) in [6, 6.07) is 0. The van der Waals surface area contributed by atoms with E-state index >= 15 is 0 Å². The minimum Gasteiger partial charge on any atom is -0.494 e. The van der Waals surface area contributed by atoms with Crippen molar-refractivity contribution in [1.82, 2.24) is 0 Å². The third-order valence-electron chi connectivity index (χ3n) is 3.94. The third-order valence-corrected chi connectivity index (χ3v) is 3.94. The van der Waals surface area contributed by atoms with Gasteiger partial charge in [0, 0.05) is 35.8 Å². The van der Waals surface area contributed by atoms with Gasteiger partial charge in [-0.15, -0.1) is 0 Å². The van der Waals surface area contributed by atoms with Gasteiger partial charge in [0.05, 0.1) is 11.5 Å². The fourth-order valence-electron chi connectivity index (χ4n) is 2.19. The van der Waals surface area contributed by atoms with Crippen LogP contribution in [0.1, 0.15) is 82.1 Å². The van der Waals surface area contributed by atoms with Gasteiger partial charge in [-0.2, -0.15) is 0 Å². The van der Waals surface area contributed by atoms with Gasteiger partial charge in [0.15, 0.2) is 11.6 Å². The van der Waals surface area contributed by atoms with Crippen LogP contribution in [0.2, 0.25) is 0 Å². The molecule has 0 unspecified atom stereocenters. The number of hydrogen-bond acceptors (Lipinski definition) is 4. The molecular weight excluding hydrogens is 352 g/mol. The molecule has 0 N–H and O–H groups in total. The first-order valence-electron chi connectivity index (χ1n) is 10.4. The Labute approximate surface area is 172 Å². The fraction of sp³-hybridized carbons (Fsp3) is 0.750. The molecule has 0 heterocycles. The monoisotopic (exact) mass is 394 g/mol. The normalized spacial score (nSPS) is 13.9. The maximum absolute atomic E-state index is 12.3. The first-order valence-corrected chi connectivity index (χ1v) is 10.4. The van der Waals surface area contributed by atoms with Crippen molar-refractivity contribution in [2.24, 2.45) is 22.7 Å². The highest BCUT2D eigenvalue weighted by molar-refractivity contribution is 5.94. The second-order valence-electron chi connectivity index (χ2n) is 10.3. The summed E-state index contributed by atoms with van der Waals surface area (Å²) in [5, 5.41) is 0. The van der Waals surface area contributed by atoms with E-state index in [1.54, 1.807) is 12.2 Å². The highest BCUT2D eigenvalue weighted by Gasteiger charge is 2.21. The predicted octanol–water partition coefficient (Wildman–Crippen LogP) is 6.11. The Hall–Kier alpha value is -1.58. The summed E-state index contributed by atoms with van der Waals surface area (Å²) in [6.07, 6.45) is 4.65. The first kappa shape index (κ1) is 26.4. The van der Waals surface area contributed by atoms with Crippen LogP contribution in [-0.4, -0.2) is 24.8 Å². The zero-order valence-corrected chi connectivity index (χ0v) is 19.8. The van der Waals surface area contributed by atoms with Crippen molar-refractivity contribution in [3.8, 4) is 0 Å². The van der Waals surface area contributed by atoms with Crippen LogP contribution < -0.4 is 0 Å². The molecule has 0 aromatic rings. The molecule has 0 saturated heterocycles. The molecule has 0 radical (unpaired) electrons. The van der Waals surface area contributed by atoms with Gasteiger partial charge in [-0.3, -0.25) is 9.59 Å². The van der Waals surface area contributed by atoms with Crippen molar-refractivity contribution < 1.29 is 19.1 Å². The Morgan fingerprint density at radius 1 is 0.679 bits per heavy atom. The molecule has 0 saturated carbocycles. The van der Waals surface area contributed by atoms with Crippen molar-refractivity contribution in [3.05, 3.63) is 23.7 Å². The molecule has 4 nitrogen and oxygen atoms in total. The van der Waals surface area contributed by atoms with Crippen LogP contribution in [0.5, 0.6) is 0 Å². The lowest BCUT2D eigenvalue weighted by atomic mass is 9.90.